The molecule has 0 radical (unpaired) electrons. The van der Waals surface area contributed by atoms with E-state index in [0.29, 0.717) is 19.8 Å². The van der Waals surface area contributed by atoms with Gasteiger partial charge in [-0.15, -0.1) is 0 Å². The van der Waals surface area contributed by atoms with Crippen molar-refractivity contribution in [3.63, 3.8) is 0 Å². The van der Waals surface area contributed by atoms with Gasteiger partial charge in [-0.05, 0) is 18.7 Å². The molecule has 18 heavy (non-hydrogen) atoms. The van der Waals surface area contributed by atoms with Crippen LogP contribution >= 0.6 is 0 Å². The van der Waals surface area contributed by atoms with Crippen molar-refractivity contribution in [2.45, 2.75) is 6.54 Å². The van der Waals surface area contributed by atoms with Gasteiger partial charge in [0.2, 0.25) is 0 Å². The summed E-state index contributed by atoms with van der Waals surface area (Å²) in [6, 6.07) is 3.81. The molecule has 5 nitrogen and oxygen atoms in total. The van der Waals surface area contributed by atoms with Gasteiger partial charge in [0.25, 0.3) is 0 Å². The Hall–Kier alpha value is -1.46. The number of fused-ring (bicyclic) bond motifs is 1. The molecule has 0 amide bonds. The van der Waals surface area contributed by atoms with E-state index < -0.39 is 0 Å². The molecule has 0 saturated carbocycles. The Morgan fingerprint density at radius 1 is 1.28 bits per heavy atom. The van der Waals surface area contributed by atoms with Crippen molar-refractivity contribution in [3.05, 3.63) is 17.7 Å². The number of likely N-dealkylation sites (N-methyl/N-ethyl adjacent to an activating group) is 1. The van der Waals surface area contributed by atoms with Crippen LogP contribution in [0.5, 0.6) is 11.5 Å². The Labute approximate surface area is 107 Å². The molecule has 5 heteroatoms. The number of benzene rings is 1. The number of hydrogen-bond donors (Lipinski definition) is 1. The lowest BCUT2D eigenvalue weighted by atomic mass is 10.1. The fourth-order valence-electron chi connectivity index (χ4n) is 1.90. The van der Waals surface area contributed by atoms with Crippen molar-refractivity contribution >= 4 is 5.69 Å². The van der Waals surface area contributed by atoms with Gasteiger partial charge in [-0.3, -0.25) is 4.90 Å². The zero-order valence-electron chi connectivity index (χ0n) is 10.9. The molecule has 100 valence electrons. The molecule has 1 aromatic carbocycles. The SMILES string of the molecule is COCCN(C)Cc1cc2c(cc1N)OCCO2. The highest BCUT2D eigenvalue weighted by molar-refractivity contribution is 5.58. The Bertz CT molecular complexity index is 409. The average molecular weight is 252 g/mol. The second-order valence-electron chi connectivity index (χ2n) is 4.43. The second-order valence-corrected chi connectivity index (χ2v) is 4.43. The fraction of sp³-hybridized carbons (Fsp3) is 0.538. The van der Waals surface area contributed by atoms with E-state index in [1.165, 1.54) is 0 Å². The fourth-order valence-corrected chi connectivity index (χ4v) is 1.90. The van der Waals surface area contributed by atoms with E-state index in [-0.39, 0.29) is 0 Å². The zero-order chi connectivity index (χ0) is 13.0. The Morgan fingerprint density at radius 3 is 2.61 bits per heavy atom. The number of nitrogen functional groups attached to an aromatic ring is 1. The highest BCUT2D eigenvalue weighted by Crippen LogP contribution is 2.34. The van der Waals surface area contributed by atoms with Crippen molar-refractivity contribution in [2.75, 3.05) is 46.3 Å². The third-order valence-corrected chi connectivity index (χ3v) is 2.92. The summed E-state index contributed by atoms with van der Waals surface area (Å²) in [5.74, 6) is 1.52. The molecular weight excluding hydrogens is 232 g/mol. The van der Waals surface area contributed by atoms with E-state index in [9.17, 15) is 0 Å². The summed E-state index contributed by atoms with van der Waals surface area (Å²) in [4.78, 5) is 2.16. The van der Waals surface area contributed by atoms with E-state index in [2.05, 4.69) is 4.90 Å². The Kier molecular flexibility index (Phi) is 4.28. The molecule has 0 spiro atoms. The third kappa shape index (κ3) is 3.05. The predicted molar refractivity (Wildman–Crippen MR) is 70.1 cm³/mol. The number of nitrogens with zero attached hydrogens (tertiary/aromatic N) is 1. The van der Waals surface area contributed by atoms with E-state index >= 15 is 0 Å². The lowest BCUT2D eigenvalue weighted by molar-refractivity contribution is 0.158. The summed E-state index contributed by atoms with van der Waals surface area (Å²) >= 11 is 0. The van der Waals surface area contributed by atoms with Crippen LogP contribution in [0, 0.1) is 0 Å². The Balaban J connectivity index is 2.08. The minimum absolute atomic E-state index is 0.583. The first kappa shape index (κ1) is 13.0. The van der Waals surface area contributed by atoms with Crippen LogP contribution in [0.4, 0.5) is 5.69 Å². The van der Waals surface area contributed by atoms with E-state index in [1.54, 1.807) is 7.11 Å². The second kappa shape index (κ2) is 5.93. The van der Waals surface area contributed by atoms with Crippen molar-refractivity contribution in [1.82, 2.24) is 4.90 Å². The van der Waals surface area contributed by atoms with Gasteiger partial charge < -0.3 is 19.9 Å². The topological polar surface area (TPSA) is 57.0 Å². The molecular formula is C13H20N2O3. The smallest absolute Gasteiger partial charge is 0.163 e. The van der Waals surface area contributed by atoms with Crippen LogP contribution in [0.15, 0.2) is 12.1 Å². The predicted octanol–water partition coefficient (Wildman–Crippen LogP) is 1.12. The summed E-state index contributed by atoms with van der Waals surface area (Å²) < 4.78 is 16.1. The maximum Gasteiger partial charge on any atom is 0.163 e. The van der Waals surface area contributed by atoms with Gasteiger partial charge >= 0.3 is 0 Å². The largest absolute Gasteiger partial charge is 0.486 e. The highest BCUT2D eigenvalue weighted by Gasteiger charge is 2.15. The van der Waals surface area contributed by atoms with Crippen molar-refractivity contribution in [3.8, 4) is 11.5 Å². The van der Waals surface area contributed by atoms with Crippen LogP contribution in [0.1, 0.15) is 5.56 Å². The first-order chi connectivity index (χ1) is 8.70. The highest BCUT2D eigenvalue weighted by atomic mass is 16.6. The maximum absolute atomic E-state index is 6.03. The van der Waals surface area contributed by atoms with Gasteiger partial charge in [0.15, 0.2) is 11.5 Å². The first-order valence-electron chi connectivity index (χ1n) is 6.06. The summed E-state index contributed by atoms with van der Waals surface area (Å²) in [6.07, 6.45) is 0. The molecule has 2 N–H and O–H groups in total. The molecule has 0 bridgehead atoms. The van der Waals surface area contributed by atoms with Crippen LogP contribution in [0.3, 0.4) is 0 Å². The van der Waals surface area contributed by atoms with Crippen LogP contribution < -0.4 is 15.2 Å². The van der Waals surface area contributed by atoms with Crippen LogP contribution in [0.25, 0.3) is 0 Å². The van der Waals surface area contributed by atoms with E-state index in [4.69, 9.17) is 19.9 Å². The molecule has 1 aromatic rings. The molecule has 0 atom stereocenters. The van der Waals surface area contributed by atoms with Gasteiger partial charge in [-0.25, -0.2) is 0 Å². The summed E-state index contributed by atoms with van der Waals surface area (Å²) in [6.45, 7) is 3.52. The molecule has 2 rings (SSSR count). The summed E-state index contributed by atoms with van der Waals surface area (Å²) in [7, 11) is 3.74. The molecule has 0 unspecified atom stereocenters. The van der Waals surface area contributed by atoms with Crippen LogP contribution in [-0.4, -0.2) is 45.4 Å². The van der Waals surface area contributed by atoms with Crippen molar-refractivity contribution < 1.29 is 14.2 Å². The summed E-state index contributed by atoms with van der Waals surface area (Å²) in [5.41, 5.74) is 7.82. The van der Waals surface area contributed by atoms with E-state index in [1.807, 2.05) is 19.2 Å². The third-order valence-electron chi connectivity index (χ3n) is 2.92. The lowest BCUT2D eigenvalue weighted by Gasteiger charge is -2.22. The van der Waals surface area contributed by atoms with Gasteiger partial charge in [-0.1, -0.05) is 0 Å². The maximum atomic E-state index is 6.03. The number of ether oxygens (including phenoxy) is 3. The molecule has 1 heterocycles. The number of anilines is 1. The number of rotatable bonds is 5. The average Bonchev–Trinajstić information content (AvgIpc) is 2.37. The minimum atomic E-state index is 0.583. The monoisotopic (exact) mass is 252 g/mol. The summed E-state index contributed by atoms with van der Waals surface area (Å²) in [5, 5.41) is 0. The van der Waals surface area contributed by atoms with Crippen LogP contribution in [-0.2, 0) is 11.3 Å². The normalized spacial score (nSPS) is 13.9. The Morgan fingerprint density at radius 2 is 1.94 bits per heavy atom. The van der Waals surface area contributed by atoms with Gasteiger partial charge in [0, 0.05) is 32.0 Å². The molecule has 1 aliphatic heterocycles. The van der Waals surface area contributed by atoms with E-state index in [0.717, 1.165) is 35.8 Å². The number of methoxy groups -OCH3 is 1. The standard InChI is InChI=1S/C13H20N2O3/c1-15(3-4-16-2)9-10-7-12-13(8-11(10)14)18-6-5-17-12/h7-8H,3-6,9,14H2,1-2H3. The first-order valence-corrected chi connectivity index (χ1v) is 6.06. The zero-order valence-corrected chi connectivity index (χ0v) is 10.9. The number of hydrogen-bond acceptors (Lipinski definition) is 5. The number of nitrogens with two attached hydrogens (primary N) is 1. The van der Waals surface area contributed by atoms with Crippen molar-refractivity contribution in [2.24, 2.45) is 0 Å². The molecule has 0 aromatic heterocycles. The van der Waals surface area contributed by atoms with Gasteiger partial charge in [0.05, 0.1) is 6.61 Å². The quantitative estimate of drug-likeness (QED) is 0.796. The molecule has 1 aliphatic rings. The molecule has 0 saturated heterocycles. The van der Waals surface area contributed by atoms with Crippen LogP contribution in [0.2, 0.25) is 0 Å². The van der Waals surface area contributed by atoms with Crippen molar-refractivity contribution in [1.29, 1.82) is 0 Å². The van der Waals surface area contributed by atoms with Gasteiger partial charge in [0.1, 0.15) is 13.2 Å². The molecule has 0 aliphatic carbocycles. The van der Waals surface area contributed by atoms with Gasteiger partial charge in [-0.2, -0.15) is 0 Å². The molecule has 0 fully saturated rings. The minimum Gasteiger partial charge on any atom is -0.486 e. The lowest BCUT2D eigenvalue weighted by Crippen LogP contribution is -2.23.